The molecule has 160 valence electrons. The van der Waals surface area contributed by atoms with Gasteiger partial charge < -0.3 is 15.0 Å². The average Bonchev–Trinajstić information content (AvgIpc) is 2.79. The fourth-order valence-corrected chi connectivity index (χ4v) is 3.90. The summed E-state index contributed by atoms with van der Waals surface area (Å²) in [6.45, 7) is 3.87. The number of hydrogen-bond acceptors (Lipinski definition) is 5. The lowest BCUT2D eigenvalue weighted by Gasteiger charge is -2.33. The van der Waals surface area contributed by atoms with Crippen LogP contribution in [0.2, 0.25) is 5.02 Å². The number of carbonyl (C=O) groups is 1. The van der Waals surface area contributed by atoms with E-state index in [9.17, 15) is 4.79 Å². The molecule has 31 heavy (non-hydrogen) atoms. The van der Waals surface area contributed by atoms with Crippen LogP contribution in [0.25, 0.3) is 0 Å². The summed E-state index contributed by atoms with van der Waals surface area (Å²) in [6.07, 6.45) is 5.01. The van der Waals surface area contributed by atoms with Gasteiger partial charge in [-0.05, 0) is 49.6 Å². The first kappa shape index (κ1) is 21.1. The van der Waals surface area contributed by atoms with E-state index in [4.69, 9.17) is 16.3 Å². The molecule has 4 rings (SSSR count). The van der Waals surface area contributed by atoms with Gasteiger partial charge in [0.2, 0.25) is 5.91 Å². The van der Waals surface area contributed by atoms with Crippen LogP contribution in [0, 0.1) is 12.8 Å². The first-order chi connectivity index (χ1) is 15.1. The van der Waals surface area contributed by atoms with Gasteiger partial charge in [-0.3, -0.25) is 4.79 Å². The van der Waals surface area contributed by atoms with E-state index in [0.29, 0.717) is 35.6 Å². The number of aryl methyl sites for hydroxylation is 1. The Labute approximate surface area is 187 Å². The SMILES string of the molecule is Cc1ccc(Oc2nccnc2N2CCC[C@H](C(=O)NCc3cccc(Cl)c3)C2)cc1. The monoisotopic (exact) mass is 436 g/mol. The summed E-state index contributed by atoms with van der Waals surface area (Å²) in [6, 6.07) is 15.3. The number of aromatic nitrogens is 2. The number of ether oxygens (including phenoxy) is 1. The molecule has 7 heteroatoms. The second-order valence-electron chi connectivity index (χ2n) is 7.73. The van der Waals surface area contributed by atoms with Gasteiger partial charge in [0.15, 0.2) is 5.82 Å². The Bertz CT molecular complexity index is 1040. The predicted octanol–water partition coefficient (Wildman–Crippen LogP) is 4.76. The standard InChI is InChI=1S/C24H25ClN4O2/c1-17-7-9-21(10-8-17)31-24-22(26-11-12-27-24)29-13-3-5-19(16-29)23(30)28-15-18-4-2-6-20(25)14-18/h2,4,6-12,14,19H,3,5,13,15-16H2,1H3,(H,28,30)/t19-/m0/s1. The van der Waals surface area contributed by atoms with Crippen LogP contribution in [0.15, 0.2) is 60.9 Å². The van der Waals surface area contributed by atoms with Gasteiger partial charge in [0.25, 0.3) is 5.88 Å². The Morgan fingerprint density at radius 3 is 2.81 bits per heavy atom. The number of rotatable bonds is 6. The number of anilines is 1. The highest BCUT2D eigenvalue weighted by Crippen LogP contribution is 2.31. The van der Waals surface area contributed by atoms with Gasteiger partial charge in [0.1, 0.15) is 5.75 Å². The van der Waals surface area contributed by atoms with Crippen molar-refractivity contribution in [2.45, 2.75) is 26.3 Å². The lowest BCUT2D eigenvalue weighted by molar-refractivity contribution is -0.125. The van der Waals surface area contributed by atoms with E-state index >= 15 is 0 Å². The third-order valence-electron chi connectivity index (χ3n) is 5.33. The zero-order valence-corrected chi connectivity index (χ0v) is 18.2. The van der Waals surface area contributed by atoms with Crippen molar-refractivity contribution in [2.75, 3.05) is 18.0 Å². The van der Waals surface area contributed by atoms with Gasteiger partial charge >= 0.3 is 0 Å². The molecule has 2 aromatic carbocycles. The highest BCUT2D eigenvalue weighted by molar-refractivity contribution is 6.30. The summed E-state index contributed by atoms with van der Waals surface area (Å²) in [5.74, 6) is 1.73. The molecule has 0 spiro atoms. The lowest BCUT2D eigenvalue weighted by Crippen LogP contribution is -2.43. The summed E-state index contributed by atoms with van der Waals surface area (Å²) in [5, 5.41) is 3.70. The van der Waals surface area contributed by atoms with Gasteiger partial charge in [-0.1, -0.05) is 41.4 Å². The zero-order valence-electron chi connectivity index (χ0n) is 17.4. The smallest absolute Gasteiger partial charge is 0.263 e. The summed E-state index contributed by atoms with van der Waals surface area (Å²) >= 11 is 6.03. The fraction of sp³-hybridized carbons (Fsp3) is 0.292. The van der Waals surface area contributed by atoms with E-state index in [2.05, 4.69) is 20.2 Å². The molecular weight excluding hydrogens is 412 g/mol. The third-order valence-corrected chi connectivity index (χ3v) is 5.56. The minimum atomic E-state index is -0.123. The normalized spacial score (nSPS) is 16.1. The quantitative estimate of drug-likeness (QED) is 0.603. The van der Waals surface area contributed by atoms with Crippen molar-refractivity contribution in [1.29, 1.82) is 0 Å². The Morgan fingerprint density at radius 2 is 2.00 bits per heavy atom. The molecule has 1 aromatic heterocycles. The van der Waals surface area contributed by atoms with E-state index in [1.54, 1.807) is 12.4 Å². The number of halogens is 1. The molecule has 1 saturated heterocycles. The lowest BCUT2D eigenvalue weighted by atomic mass is 9.97. The van der Waals surface area contributed by atoms with Gasteiger partial charge in [0.05, 0.1) is 5.92 Å². The summed E-state index contributed by atoms with van der Waals surface area (Å²) in [7, 11) is 0. The molecule has 6 nitrogen and oxygen atoms in total. The number of amides is 1. The molecule has 3 aromatic rings. The van der Waals surface area contributed by atoms with Crippen LogP contribution in [0.5, 0.6) is 11.6 Å². The van der Waals surface area contributed by atoms with Crippen molar-refractivity contribution in [2.24, 2.45) is 5.92 Å². The van der Waals surface area contributed by atoms with Crippen LogP contribution in [0.1, 0.15) is 24.0 Å². The van der Waals surface area contributed by atoms with Crippen LogP contribution in [-0.2, 0) is 11.3 Å². The van der Waals surface area contributed by atoms with Crippen molar-refractivity contribution in [3.05, 3.63) is 77.1 Å². The van der Waals surface area contributed by atoms with E-state index in [-0.39, 0.29) is 11.8 Å². The first-order valence-electron chi connectivity index (χ1n) is 10.4. The highest BCUT2D eigenvalue weighted by Gasteiger charge is 2.28. The minimum Gasteiger partial charge on any atom is -0.436 e. The predicted molar refractivity (Wildman–Crippen MR) is 122 cm³/mol. The van der Waals surface area contributed by atoms with E-state index in [0.717, 1.165) is 30.5 Å². The van der Waals surface area contributed by atoms with Crippen molar-refractivity contribution < 1.29 is 9.53 Å². The van der Waals surface area contributed by atoms with Crippen molar-refractivity contribution >= 4 is 23.3 Å². The van der Waals surface area contributed by atoms with Crippen molar-refractivity contribution in [3.63, 3.8) is 0 Å². The average molecular weight is 437 g/mol. The highest BCUT2D eigenvalue weighted by atomic mass is 35.5. The maximum Gasteiger partial charge on any atom is 0.263 e. The largest absolute Gasteiger partial charge is 0.436 e. The molecule has 0 saturated carbocycles. The maximum atomic E-state index is 12.8. The van der Waals surface area contributed by atoms with Crippen LogP contribution in [0.4, 0.5) is 5.82 Å². The number of piperidine rings is 1. The molecule has 0 aliphatic carbocycles. The molecule has 1 fully saturated rings. The van der Waals surface area contributed by atoms with Crippen LogP contribution >= 0.6 is 11.6 Å². The van der Waals surface area contributed by atoms with Crippen molar-refractivity contribution in [3.8, 4) is 11.6 Å². The van der Waals surface area contributed by atoms with Gasteiger partial charge in [0, 0.05) is 37.1 Å². The topological polar surface area (TPSA) is 67.4 Å². The second kappa shape index (κ2) is 9.79. The number of carbonyl (C=O) groups excluding carboxylic acids is 1. The van der Waals surface area contributed by atoms with Gasteiger partial charge in [-0.15, -0.1) is 0 Å². The Balaban J connectivity index is 1.42. The summed E-state index contributed by atoms with van der Waals surface area (Å²) in [5.41, 5.74) is 2.14. The van der Waals surface area contributed by atoms with Crippen LogP contribution in [0.3, 0.4) is 0 Å². The molecule has 1 aliphatic rings. The Kier molecular flexibility index (Phi) is 6.67. The maximum absolute atomic E-state index is 12.8. The van der Waals surface area contributed by atoms with Gasteiger partial charge in [-0.25, -0.2) is 9.97 Å². The fourth-order valence-electron chi connectivity index (χ4n) is 3.69. The second-order valence-corrected chi connectivity index (χ2v) is 8.17. The molecule has 2 heterocycles. The Morgan fingerprint density at radius 1 is 1.19 bits per heavy atom. The van der Waals surface area contributed by atoms with E-state index in [1.807, 2.05) is 55.5 Å². The first-order valence-corrected chi connectivity index (χ1v) is 10.8. The molecule has 1 aliphatic heterocycles. The van der Waals surface area contributed by atoms with Crippen LogP contribution in [-0.4, -0.2) is 29.0 Å². The molecule has 1 atom stereocenters. The molecule has 0 unspecified atom stereocenters. The third kappa shape index (κ3) is 5.52. The molecule has 0 radical (unpaired) electrons. The molecule has 0 bridgehead atoms. The van der Waals surface area contributed by atoms with E-state index < -0.39 is 0 Å². The summed E-state index contributed by atoms with van der Waals surface area (Å²) in [4.78, 5) is 23.8. The molecular formula is C24H25ClN4O2. The molecule has 1 N–H and O–H groups in total. The van der Waals surface area contributed by atoms with Gasteiger partial charge in [-0.2, -0.15) is 0 Å². The summed E-state index contributed by atoms with van der Waals surface area (Å²) < 4.78 is 6.00. The molecule has 1 amide bonds. The van der Waals surface area contributed by atoms with Crippen molar-refractivity contribution in [1.82, 2.24) is 15.3 Å². The minimum absolute atomic E-state index is 0.0366. The number of nitrogens with one attached hydrogen (secondary N) is 1. The van der Waals surface area contributed by atoms with Crippen LogP contribution < -0.4 is 15.0 Å². The number of nitrogens with zero attached hydrogens (tertiary/aromatic N) is 3. The Hall–Kier alpha value is -3.12. The van der Waals surface area contributed by atoms with E-state index in [1.165, 1.54) is 0 Å². The number of benzene rings is 2. The number of hydrogen-bond donors (Lipinski definition) is 1. The zero-order chi connectivity index (χ0) is 21.6.